The van der Waals surface area contributed by atoms with Gasteiger partial charge in [-0.2, -0.15) is 0 Å². The summed E-state index contributed by atoms with van der Waals surface area (Å²) in [6, 6.07) is 0. The summed E-state index contributed by atoms with van der Waals surface area (Å²) in [4.78, 5) is 0. The van der Waals surface area contributed by atoms with Gasteiger partial charge in [-0.05, 0) is 52.2 Å². The van der Waals surface area contributed by atoms with Crippen molar-refractivity contribution < 1.29 is 9.47 Å². The first-order chi connectivity index (χ1) is 8.29. The maximum atomic E-state index is 5.77. The molecule has 0 aromatic rings. The normalized spacial score (nSPS) is 20.7. The second-order valence-corrected chi connectivity index (χ2v) is 5.94. The van der Waals surface area contributed by atoms with Crippen LogP contribution in [-0.2, 0) is 9.47 Å². The number of terminal acetylenes is 1. The number of hydrogen-bond acceptors (Lipinski definition) is 2. The lowest BCUT2D eigenvalue weighted by Crippen LogP contribution is -2.46. The van der Waals surface area contributed by atoms with Crippen LogP contribution in [0.3, 0.4) is 0 Å². The van der Waals surface area contributed by atoms with Gasteiger partial charge in [-0.15, -0.1) is 18.1 Å². The number of rotatable bonds is 3. The van der Waals surface area contributed by atoms with Gasteiger partial charge in [0.1, 0.15) is 0 Å². The molecule has 1 heterocycles. The molecule has 18 heavy (non-hydrogen) atoms. The van der Waals surface area contributed by atoms with Crippen molar-refractivity contribution in [3.8, 4) is 12.3 Å². The SMILES string of the molecule is C#CCC1(CC(C)=C=C(C)C)COC(C)(C)OC1. The van der Waals surface area contributed by atoms with Gasteiger partial charge in [0, 0.05) is 11.8 Å². The first-order valence-electron chi connectivity index (χ1n) is 6.40. The molecule has 2 heteroatoms. The fourth-order valence-electron chi connectivity index (χ4n) is 2.25. The van der Waals surface area contributed by atoms with Gasteiger partial charge in [0.2, 0.25) is 0 Å². The molecular formula is C16H24O2. The topological polar surface area (TPSA) is 18.5 Å². The minimum atomic E-state index is -0.494. The highest BCUT2D eigenvalue weighted by molar-refractivity contribution is 5.09. The van der Waals surface area contributed by atoms with Crippen molar-refractivity contribution in [1.29, 1.82) is 0 Å². The molecule has 1 saturated heterocycles. The first kappa shape index (κ1) is 15.1. The van der Waals surface area contributed by atoms with Gasteiger partial charge < -0.3 is 9.47 Å². The van der Waals surface area contributed by atoms with Crippen molar-refractivity contribution in [2.75, 3.05) is 13.2 Å². The first-order valence-corrected chi connectivity index (χ1v) is 6.40. The van der Waals surface area contributed by atoms with Crippen LogP contribution in [0.4, 0.5) is 0 Å². The Balaban J connectivity index is 2.85. The Morgan fingerprint density at radius 1 is 1.17 bits per heavy atom. The smallest absolute Gasteiger partial charge is 0.162 e. The number of allylic oxidation sites excluding steroid dienone is 1. The van der Waals surface area contributed by atoms with E-state index in [-0.39, 0.29) is 5.41 Å². The van der Waals surface area contributed by atoms with Gasteiger partial charge in [-0.25, -0.2) is 0 Å². The van der Waals surface area contributed by atoms with Crippen molar-refractivity contribution >= 4 is 0 Å². The largest absolute Gasteiger partial charge is 0.350 e. The van der Waals surface area contributed by atoms with E-state index in [1.165, 1.54) is 11.1 Å². The monoisotopic (exact) mass is 248 g/mol. The summed E-state index contributed by atoms with van der Waals surface area (Å²) in [6.45, 7) is 11.4. The highest BCUT2D eigenvalue weighted by Gasteiger charge is 2.39. The minimum absolute atomic E-state index is 0.100. The predicted octanol–water partition coefficient (Wildman–Crippen LogP) is 3.68. The molecule has 1 aliphatic heterocycles. The zero-order valence-corrected chi connectivity index (χ0v) is 12.2. The van der Waals surface area contributed by atoms with Crippen LogP contribution in [-0.4, -0.2) is 19.0 Å². The van der Waals surface area contributed by atoms with E-state index in [9.17, 15) is 0 Å². The van der Waals surface area contributed by atoms with Gasteiger partial charge in [0.15, 0.2) is 5.79 Å². The molecule has 100 valence electrons. The summed E-state index contributed by atoms with van der Waals surface area (Å²) in [5.41, 5.74) is 5.63. The second-order valence-electron chi connectivity index (χ2n) is 5.94. The summed E-state index contributed by atoms with van der Waals surface area (Å²) in [7, 11) is 0. The third-order valence-corrected chi connectivity index (χ3v) is 3.03. The van der Waals surface area contributed by atoms with Crippen LogP contribution in [0, 0.1) is 17.8 Å². The highest BCUT2D eigenvalue weighted by Crippen LogP contribution is 2.37. The van der Waals surface area contributed by atoms with Crippen molar-refractivity contribution in [1.82, 2.24) is 0 Å². The number of hydrogen-bond donors (Lipinski definition) is 0. The fraction of sp³-hybridized carbons (Fsp3) is 0.688. The van der Waals surface area contributed by atoms with Crippen LogP contribution >= 0.6 is 0 Å². The van der Waals surface area contributed by atoms with Gasteiger partial charge in [-0.1, -0.05) is 0 Å². The molecule has 0 atom stereocenters. The van der Waals surface area contributed by atoms with E-state index >= 15 is 0 Å². The Morgan fingerprint density at radius 3 is 2.17 bits per heavy atom. The van der Waals surface area contributed by atoms with Crippen LogP contribution in [0.15, 0.2) is 16.9 Å². The molecular weight excluding hydrogens is 224 g/mol. The maximum Gasteiger partial charge on any atom is 0.162 e. The molecule has 1 rings (SSSR count). The summed E-state index contributed by atoms with van der Waals surface area (Å²) in [6.07, 6.45) is 7.04. The van der Waals surface area contributed by atoms with Crippen molar-refractivity contribution in [2.45, 2.75) is 53.2 Å². The van der Waals surface area contributed by atoms with Gasteiger partial charge in [0.05, 0.1) is 13.2 Å². The van der Waals surface area contributed by atoms with E-state index in [1.807, 2.05) is 27.7 Å². The van der Waals surface area contributed by atoms with Crippen LogP contribution in [0.25, 0.3) is 0 Å². The Kier molecular flexibility index (Phi) is 4.82. The Morgan fingerprint density at radius 2 is 1.72 bits per heavy atom. The maximum absolute atomic E-state index is 5.77. The summed E-state index contributed by atoms with van der Waals surface area (Å²) in [5, 5.41) is 0. The molecule has 0 bridgehead atoms. The second kappa shape index (κ2) is 5.76. The molecule has 0 aliphatic carbocycles. The zero-order valence-electron chi connectivity index (χ0n) is 12.2. The quantitative estimate of drug-likeness (QED) is 0.560. The lowest BCUT2D eigenvalue weighted by atomic mass is 9.79. The van der Waals surface area contributed by atoms with Crippen LogP contribution < -0.4 is 0 Å². The van der Waals surface area contributed by atoms with E-state index < -0.39 is 5.79 Å². The average molecular weight is 248 g/mol. The van der Waals surface area contributed by atoms with Crippen LogP contribution in [0.2, 0.25) is 0 Å². The molecule has 1 fully saturated rings. The third kappa shape index (κ3) is 4.35. The Hall–Kier alpha value is -1.00. The summed E-state index contributed by atoms with van der Waals surface area (Å²) >= 11 is 0. The van der Waals surface area contributed by atoms with Gasteiger partial charge in [0.25, 0.3) is 0 Å². The molecule has 0 N–H and O–H groups in total. The minimum Gasteiger partial charge on any atom is -0.350 e. The summed E-state index contributed by atoms with van der Waals surface area (Å²) in [5.74, 6) is 2.26. The average Bonchev–Trinajstić information content (AvgIpc) is 2.22. The Labute approximate surface area is 111 Å². The van der Waals surface area contributed by atoms with E-state index in [1.54, 1.807) is 0 Å². The van der Waals surface area contributed by atoms with Crippen molar-refractivity contribution in [3.63, 3.8) is 0 Å². The molecule has 2 nitrogen and oxygen atoms in total. The molecule has 0 unspecified atom stereocenters. The third-order valence-electron chi connectivity index (χ3n) is 3.03. The van der Waals surface area contributed by atoms with E-state index in [0.29, 0.717) is 19.6 Å². The summed E-state index contributed by atoms with van der Waals surface area (Å²) < 4.78 is 11.5. The van der Waals surface area contributed by atoms with Crippen LogP contribution in [0.1, 0.15) is 47.5 Å². The standard InChI is InChI=1S/C16H24O2/c1-7-8-16(10-14(4)9-13(2)3)11-17-15(5,6)18-12-16/h1H,8,10-12H2,2-6H3. The predicted molar refractivity (Wildman–Crippen MR) is 74.0 cm³/mol. The molecule has 0 aromatic carbocycles. The van der Waals surface area contributed by atoms with Gasteiger partial charge >= 0.3 is 0 Å². The van der Waals surface area contributed by atoms with Crippen molar-refractivity contribution in [2.24, 2.45) is 5.41 Å². The van der Waals surface area contributed by atoms with Crippen LogP contribution in [0.5, 0.6) is 0 Å². The molecule has 0 radical (unpaired) electrons. The van der Waals surface area contributed by atoms with Crippen molar-refractivity contribution in [3.05, 3.63) is 16.9 Å². The number of ether oxygens (including phenoxy) is 2. The van der Waals surface area contributed by atoms with E-state index in [2.05, 4.69) is 18.6 Å². The highest BCUT2D eigenvalue weighted by atomic mass is 16.7. The molecule has 0 aromatic heterocycles. The lowest BCUT2D eigenvalue weighted by Gasteiger charge is -2.42. The molecule has 0 amide bonds. The van der Waals surface area contributed by atoms with E-state index in [4.69, 9.17) is 15.9 Å². The molecule has 0 spiro atoms. The lowest BCUT2D eigenvalue weighted by molar-refractivity contribution is -0.284. The molecule has 0 saturated carbocycles. The van der Waals surface area contributed by atoms with Gasteiger partial charge in [-0.3, -0.25) is 0 Å². The molecule has 1 aliphatic rings. The Bertz CT molecular complexity index is 389. The van der Waals surface area contributed by atoms with E-state index in [0.717, 1.165) is 6.42 Å². The zero-order chi connectivity index (χ0) is 13.8. The fourth-order valence-corrected chi connectivity index (χ4v) is 2.25.